The zero-order chi connectivity index (χ0) is 18.8. The highest BCUT2D eigenvalue weighted by atomic mass is 16.4. The largest absolute Gasteiger partial charge is 0.481 e. The van der Waals surface area contributed by atoms with Crippen LogP contribution in [0.5, 0.6) is 0 Å². The molecule has 3 rings (SSSR count). The van der Waals surface area contributed by atoms with E-state index in [1.165, 1.54) is 0 Å². The Balaban J connectivity index is 2.15. The summed E-state index contributed by atoms with van der Waals surface area (Å²) in [6.45, 7) is 6.34. The Morgan fingerprint density at radius 2 is 2.00 bits per heavy atom. The summed E-state index contributed by atoms with van der Waals surface area (Å²) in [5.41, 5.74) is 5.54. The van der Waals surface area contributed by atoms with Crippen molar-refractivity contribution in [3.05, 3.63) is 52.3 Å². The van der Waals surface area contributed by atoms with Crippen LogP contribution in [0.4, 0.5) is 0 Å². The standard InChI is InChI=1S/C19H22N4O3/c1-4-23-17-8-6-13(12(3)19(17)21-22-23)14(9-18(25)26)15-7-5-11(2)16(10-24)20-15/h5-8,14,24H,4,9-10H2,1-3H3,(H,25,26). The van der Waals surface area contributed by atoms with Crippen LogP contribution in [0.25, 0.3) is 11.0 Å². The van der Waals surface area contributed by atoms with Crippen molar-refractivity contribution < 1.29 is 15.0 Å². The molecule has 0 aliphatic carbocycles. The van der Waals surface area contributed by atoms with Crippen LogP contribution in [0.15, 0.2) is 24.3 Å². The molecule has 2 heterocycles. The Morgan fingerprint density at radius 3 is 2.65 bits per heavy atom. The number of aromatic nitrogens is 4. The van der Waals surface area contributed by atoms with Crippen LogP contribution in [0.1, 0.15) is 47.3 Å². The molecule has 2 aromatic heterocycles. The molecule has 0 aliphatic heterocycles. The summed E-state index contributed by atoms with van der Waals surface area (Å²) in [6.07, 6.45) is -0.0881. The quantitative estimate of drug-likeness (QED) is 0.705. The second-order valence-corrected chi connectivity index (χ2v) is 6.36. The number of hydrogen-bond acceptors (Lipinski definition) is 5. The van der Waals surface area contributed by atoms with Crippen molar-refractivity contribution in [3.8, 4) is 0 Å². The molecule has 0 fully saturated rings. The van der Waals surface area contributed by atoms with Crippen molar-refractivity contribution >= 4 is 17.0 Å². The lowest BCUT2D eigenvalue weighted by Crippen LogP contribution is -2.12. The molecule has 26 heavy (non-hydrogen) atoms. The SMILES string of the molecule is CCn1nnc2c(C)c(C(CC(=O)O)c3ccc(C)c(CO)n3)ccc21. The van der Waals surface area contributed by atoms with Gasteiger partial charge >= 0.3 is 5.97 Å². The first kappa shape index (κ1) is 18.0. The smallest absolute Gasteiger partial charge is 0.304 e. The van der Waals surface area contributed by atoms with Gasteiger partial charge in [-0.2, -0.15) is 0 Å². The van der Waals surface area contributed by atoms with Crippen molar-refractivity contribution in [1.29, 1.82) is 0 Å². The predicted molar refractivity (Wildman–Crippen MR) is 96.9 cm³/mol. The van der Waals surface area contributed by atoms with Gasteiger partial charge in [0.05, 0.1) is 24.2 Å². The van der Waals surface area contributed by atoms with E-state index in [0.717, 1.165) is 27.7 Å². The van der Waals surface area contributed by atoms with Crippen molar-refractivity contribution in [1.82, 2.24) is 20.0 Å². The predicted octanol–water partition coefficient (Wildman–Crippen LogP) is 2.56. The van der Waals surface area contributed by atoms with E-state index in [4.69, 9.17) is 0 Å². The van der Waals surface area contributed by atoms with Crippen LogP contribution in [-0.4, -0.2) is 36.2 Å². The van der Waals surface area contributed by atoms with E-state index in [1.54, 1.807) is 0 Å². The molecule has 0 amide bonds. The lowest BCUT2D eigenvalue weighted by molar-refractivity contribution is -0.137. The summed E-state index contributed by atoms with van der Waals surface area (Å²) in [4.78, 5) is 16.0. The molecular formula is C19H22N4O3. The highest BCUT2D eigenvalue weighted by Gasteiger charge is 2.23. The first-order valence-electron chi connectivity index (χ1n) is 8.58. The Morgan fingerprint density at radius 1 is 1.23 bits per heavy atom. The fraction of sp³-hybridized carbons (Fsp3) is 0.368. The van der Waals surface area contributed by atoms with Gasteiger partial charge in [-0.15, -0.1) is 5.10 Å². The van der Waals surface area contributed by atoms with E-state index >= 15 is 0 Å². The van der Waals surface area contributed by atoms with Gasteiger partial charge in [0.25, 0.3) is 0 Å². The van der Waals surface area contributed by atoms with Gasteiger partial charge in [-0.05, 0) is 49.6 Å². The van der Waals surface area contributed by atoms with Crippen LogP contribution in [0.2, 0.25) is 0 Å². The first-order chi connectivity index (χ1) is 12.5. The third-order valence-corrected chi connectivity index (χ3v) is 4.77. The van der Waals surface area contributed by atoms with Crippen molar-refractivity contribution in [2.75, 3.05) is 0 Å². The van der Waals surface area contributed by atoms with E-state index in [-0.39, 0.29) is 13.0 Å². The van der Waals surface area contributed by atoms with Gasteiger partial charge < -0.3 is 10.2 Å². The third kappa shape index (κ3) is 3.17. The number of nitrogens with zero attached hydrogens (tertiary/aromatic N) is 4. The lowest BCUT2D eigenvalue weighted by Gasteiger charge is -2.19. The second kappa shape index (κ2) is 7.21. The van der Waals surface area contributed by atoms with Gasteiger partial charge in [0.1, 0.15) is 5.52 Å². The van der Waals surface area contributed by atoms with Gasteiger partial charge in [-0.3, -0.25) is 9.78 Å². The molecule has 136 valence electrons. The Labute approximate surface area is 151 Å². The Hall–Kier alpha value is -2.80. The van der Waals surface area contributed by atoms with Crippen LogP contribution in [-0.2, 0) is 17.9 Å². The second-order valence-electron chi connectivity index (χ2n) is 6.36. The van der Waals surface area contributed by atoms with Gasteiger partial charge in [0.2, 0.25) is 0 Å². The Bertz CT molecular complexity index is 965. The number of benzene rings is 1. The Kier molecular flexibility index (Phi) is 4.99. The maximum atomic E-state index is 11.5. The summed E-state index contributed by atoms with van der Waals surface area (Å²) >= 11 is 0. The molecule has 2 N–H and O–H groups in total. The van der Waals surface area contributed by atoms with E-state index in [1.807, 2.05) is 49.7 Å². The zero-order valence-electron chi connectivity index (χ0n) is 15.1. The topological polar surface area (TPSA) is 101 Å². The average Bonchev–Trinajstić information content (AvgIpc) is 3.05. The number of pyridine rings is 1. The molecule has 0 saturated heterocycles. The van der Waals surface area contributed by atoms with Crippen LogP contribution >= 0.6 is 0 Å². The maximum Gasteiger partial charge on any atom is 0.304 e. The van der Waals surface area contributed by atoms with Gasteiger partial charge in [-0.25, -0.2) is 4.68 Å². The molecule has 0 radical (unpaired) electrons. The van der Waals surface area contributed by atoms with Gasteiger partial charge in [-0.1, -0.05) is 17.3 Å². The number of carboxylic acids is 1. The number of carboxylic acid groups (broad SMARTS) is 1. The van der Waals surface area contributed by atoms with Crippen molar-refractivity contribution in [2.24, 2.45) is 0 Å². The maximum absolute atomic E-state index is 11.5. The average molecular weight is 354 g/mol. The molecule has 7 heteroatoms. The summed E-state index contributed by atoms with van der Waals surface area (Å²) < 4.78 is 1.81. The molecule has 0 aliphatic rings. The minimum Gasteiger partial charge on any atom is -0.481 e. The summed E-state index contributed by atoms with van der Waals surface area (Å²) in [5.74, 6) is -1.32. The molecule has 1 aromatic carbocycles. The van der Waals surface area contributed by atoms with Gasteiger partial charge in [0, 0.05) is 18.2 Å². The zero-order valence-corrected chi connectivity index (χ0v) is 15.1. The molecule has 0 spiro atoms. The highest BCUT2D eigenvalue weighted by molar-refractivity contribution is 5.80. The monoisotopic (exact) mass is 354 g/mol. The van der Waals surface area contributed by atoms with E-state index in [0.29, 0.717) is 17.9 Å². The van der Waals surface area contributed by atoms with Crippen LogP contribution in [0, 0.1) is 13.8 Å². The lowest BCUT2D eigenvalue weighted by atomic mass is 9.88. The van der Waals surface area contributed by atoms with Crippen LogP contribution in [0.3, 0.4) is 0 Å². The number of carbonyl (C=O) groups is 1. The minimum absolute atomic E-state index is 0.0881. The summed E-state index contributed by atoms with van der Waals surface area (Å²) in [7, 11) is 0. The number of fused-ring (bicyclic) bond motifs is 1. The number of aryl methyl sites for hydroxylation is 3. The number of aliphatic hydroxyl groups excluding tert-OH is 1. The highest BCUT2D eigenvalue weighted by Crippen LogP contribution is 2.33. The van der Waals surface area contributed by atoms with Crippen molar-refractivity contribution in [3.63, 3.8) is 0 Å². The molecule has 1 atom stereocenters. The molecule has 1 unspecified atom stereocenters. The number of aliphatic carboxylic acids is 1. The van der Waals surface area contributed by atoms with Gasteiger partial charge in [0.15, 0.2) is 0 Å². The molecule has 0 saturated carbocycles. The first-order valence-corrected chi connectivity index (χ1v) is 8.58. The van der Waals surface area contributed by atoms with Crippen LogP contribution < -0.4 is 0 Å². The normalized spacial score (nSPS) is 12.5. The molecule has 3 aromatic rings. The molecule has 7 nitrogen and oxygen atoms in total. The summed E-state index contributed by atoms with van der Waals surface area (Å²) in [5, 5.41) is 27.3. The summed E-state index contributed by atoms with van der Waals surface area (Å²) in [6, 6.07) is 7.55. The number of aliphatic hydroxyl groups is 1. The van der Waals surface area contributed by atoms with E-state index in [2.05, 4.69) is 15.3 Å². The number of hydrogen-bond donors (Lipinski definition) is 2. The van der Waals surface area contributed by atoms with E-state index in [9.17, 15) is 15.0 Å². The molecule has 0 bridgehead atoms. The third-order valence-electron chi connectivity index (χ3n) is 4.77. The fourth-order valence-corrected chi connectivity index (χ4v) is 3.28. The fourth-order valence-electron chi connectivity index (χ4n) is 3.28. The van der Waals surface area contributed by atoms with E-state index < -0.39 is 11.9 Å². The minimum atomic E-state index is -0.903. The van der Waals surface area contributed by atoms with Crippen molar-refractivity contribution in [2.45, 2.75) is 46.3 Å². The number of rotatable bonds is 6. The molecular weight excluding hydrogens is 332 g/mol.